The molecule has 0 aromatic carbocycles. The lowest BCUT2D eigenvalue weighted by Gasteiger charge is -2.17. The molecule has 4 unspecified atom stereocenters. The summed E-state index contributed by atoms with van der Waals surface area (Å²) >= 11 is 5.68. The molecule has 2 nitrogen and oxygen atoms in total. The summed E-state index contributed by atoms with van der Waals surface area (Å²) in [6.07, 6.45) is 0.676. The van der Waals surface area contributed by atoms with Gasteiger partial charge in [-0.05, 0) is 18.8 Å². The van der Waals surface area contributed by atoms with Gasteiger partial charge in [-0.25, -0.2) is 0 Å². The number of rotatable bonds is 1. The Balaban J connectivity index is 2.15. The van der Waals surface area contributed by atoms with E-state index in [0.717, 1.165) is 12.8 Å². The first-order valence-corrected chi connectivity index (χ1v) is 4.16. The summed E-state index contributed by atoms with van der Waals surface area (Å²) in [5.41, 5.74) is -0.0963. The van der Waals surface area contributed by atoms with Crippen molar-refractivity contribution >= 4 is 11.6 Å². The molecule has 2 fully saturated rings. The number of hydrogen-bond donors (Lipinski definition) is 2. The van der Waals surface area contributed by atoms with Gasteiger partial charge in [0.15, 0.2) is 0 Å². The standard InChI is InChI=1S/C7H11ClO2/c8-3-7-2-4(7)1-5(9)6(7)10/h4-6,9-10H,1-3H2. The van der Waals surface area contributed by atoms with Crippen LogP contribution >= 0.6 is 11.6 Å². The largest absolute Gasteiger partial charge is 0.390 e. The van der Waals surface area contributed by atoms with Crippen molar-refractivity contribution < 1.29 is 10.2 Å². The van der Waals surface area contributed by atoms with Crippen LogP contribution in [0.2, 0.25) is 0 Å². The average molecular weight is 163 g/mol. The van der Waals surface area contributed by atoms with Crippen LogP contribution in [0.15, 0.2) is 0 Å². The number of aliphatic hydroxyl groups is 2. The summed E-state index contributed by atoms with van der Waals surface area (Å²) < 4.78 is 0. The van der Waals surface area contributed by atoms with Gasteiger partial charge in [0, 0.05) is 11.3 Å². The lowest BCUT2D eigenvalue weighted by Crippen LogP contribution is -2.30. The molecule has 0 amide bonds. The predicted octanol–water partition coefficient (Wildman–Crippen LogP) is 0.357. The lowest BCUT2D eigenvalue weighted by molar-refractivity contribution is 0.00362. The second-order valence-corrected chi connectivity index (χ2v) is 3.78. The van der Waals surface area contributed by atoms with E-state index < -0.39 is 12.2 Å². The normalized spacial score (nSPS) is 58.5. The first-order valence-electron chi connectivity index (χ1n) is 3.63. The van der Waals surface area contributed by atoms with Crippen LogP contribution in [-0.2, 0) is 0 Å². The molecule has 2 aliphatic rings. The van der Waals surface area contributed by atoms with Gasteiger partial charge in [-0.2, -0.15) is 0 Å². The Bertz CT molecular complexity index is 158. The van der Waals surface area contributed by atoms with Crippen molar-refractivity contribution in [3.63, 3.8) is 0 Å². The van der Waals surface area contributed by atoms with Gasteiger partial charge >= 0.3 is 0 Å². The quantitative estimate of drug-likeness (QED) is 0.547. The molecule has 0 heterocycles. The van der Waals surface area contributed by atoms with Crippen LogP contribution in [0.3, 0.4) is 0 Å². The van der Waals surface area contributed by atoms with Crippen molar-refractivity contribution in [3.8, 4) is 0 Å². The highest BCUT2D eigenvalue weighted by Crippen LogP contribution is 2.63. The minimum atomic E-state index is -0.560. The molecular formula is C7H11ClO2. The predicted molar refractivity (Wildman–Crippen MR) is 37.9 cm³/mol. The molecule has 0 saturated heterocycles. The molecule has 58 valence electrons. The molecule has 0 aromatic heterocycles. The minimum absolute atomic E-state index is 0.0963. The van der Waals surface area contributed by atoms with Crippen LogP contribution in [0.5, 0.6) is 0 Å². The molecule has 4 atom stereocenters. The van der Waals surface area contributed by atoms with Crippen molar-refractivity contribution in [1.82, 2.24) is 0 Å². The highest BCUT2D eigenvalue weighted by Gasteiger charge is 2.65. The van der Waals surface area contributed by atoms with Crippen LogP contribution < -0.4 is 0 Å². The third-order valence-corrected chi connectivity index (χ3v) is 3.51. The Morgan fingerprint density at radius 2 is 2.20 bits per heavy atom. The summed E-state index contributed by atoms with van der Waals surface area (Å²) in [6, 6.07) is 0. The summed E-state index contributed by atoms with van der Waals surface area (Å²) in [6.45, 7) is 0. The molecule has 2 saturated carbocycles. The number of alkyl halides is 1. The van der Waals surface area contributed by atoms with Crippen molar-refractivity contribution in [2.45, 2.75) is 25.0 Å². The Labute approximate surface area is 64.8 Å². The molecule has 2 aliphatic carbocycles. The highest BCUT2D eigenvalue weighted by atomic mass is 35.5. The molecular weight excluding hydrogens is 152 g/mol. The van der Waals surface area contributed by atoms with Gasteiger partial charge in [0.25, 0.3) is 0 Å². The fraction of sp³-hybridized carbons (Fsp3) is 1.00. The van der Waals surface area contributed by atoms with Crippen LogP contribution in [0.1, 0.15) is 12.8 Å². The monoisotopic (exact) mass is 162 g/mol. The summed E-state index contributed by atoms with van der Waals surface area (Å²) in [4.78, 5) is 0. The van der Waals surface area contributed by atoms with Crippen molar-refractivity contribution in [3.05, 3.63) is 0 Å². The Morgan fingerprint density at radius 1 is 1.50 bits per heavy atom. The molecule has 0 spiro atoms. The van der Waals surface area contributed by atoms with E-state index in [1.807, 2.05) is 0 Å². The number of aliphatic hydroxyl groups excluding tert-OH is 2. The number of hydrogen-bond acceptors (Lipinski definition) is 2. The number of halogens is 1. The van der Waals surface area contributed by atoms with E-state index >= 15 is 0 Å². The van der Waals surface area contributed by atoms with E-state index in [1.165, 1.54) is 0 Å². The molecule has 3 heteroatoms. The van der Waals surface area contributed by atoms with Gasteiger partial charge in [-0.15, -0.1) is 11.6 Å². The molecule has 0 bridgehead atoms. The molecule has 2 N–H and O–H groups in total. The van der Waals surface area contributed by atoms with Gasteiger partial charge in [0.05, 0.1) is 12.2 Å². The van der Waals surface area contributed by atoms with Crippen molar-refractivity contribution in [1.29, 1.82) is 0 Å². The maximum atomic E-state index is 9.42. The maximum absolute atomic E-state index is 9.42. The fourth-order valence-electron chi connectivity index (χ4n) is 2.13. The third kappa shape index (κ3) is 0.621. The van der Waals surface area contributed by atoms with E-state index in [0.29, 0.717) is 11.8 Å². The van der Waals surface area contributed by atoms with Gasteiger partial charge in [0.1, 0.15) is 0 Å². The Kier molecular flexibility index (Phi) is 1.29. The van der Waals surface area contributed by atoms with E-state index in [9.17, 15) is 10.2 Å². The van der Waals surface area contributed by atoms with Crippen LogP contribution in [0.4, 0.5) is 0 Å². The first-order chi connectivity index (χ1) is 4.70. The second kappa shape index (κ2) is 1.87. The zero-order chi connectivity index (χ0) is 7.35. The smallest absolute Gasteiger partial charge is 0.0869 e. The zero-order valence-corrected chi connectivity index (χ0v) is 6.38. The molecule has 0 aromatic rings. The van der Waals surface area contributed by atoms with Gasteiger partial charge in [0.2, 0.25) is 0 Å². The van der Waals surface area contributed by atoms with Crippen LogP contribution in [0.25, 0.3) is 0 Å². The molecule has 2 rings (SSSR count). The maximum Gasteiger partial charge on any atom is 0.0869 e. The SMILES string of the molecule is OC1CC2CC2(CCl)C1O. The van der Waals surface area contributed by atoms with Crippen molar-refractivity contribution in [2.24, 2.45) is 11.3 Å². The topological polar surface area (TPSA) is 40.5 Å². The second-order valence-electron chi connectivity index (χ2n) is 3.52. The summed E-state index contributed by atoms with van der Waals surface area (Å²) in [5.74, 6) is 0.991. The minimum Gasteiger partial charge on any atom is -0.390 e. The number of fused-ring (bicyclic) bond motifs is 1. The van der Waals surface area contributed by atoms with Crippen LogP contribution in [0, 0.1) is 11.3 Å². The molecule has 10 heavy (non-hydrogen) atoms. The Morgan fingerprint density at radius 3 is 2.50 bits per heavy atom. The molecule has 0 radical (unpaired) electrons. The Hall–Kier alpha value is 0.210. The zero-order valence-electron chi connectivity index (χ0n) is 5.63. The summed E-state index contributed by atoms with van der Waals surface area (Å²) in [5, 5.41) is 18.6. The van der Waals surface area contributed by atoms with Gasteiger partial charge in [-0.3, -0.25) is 0 Å². The fourth-order valence-corrected chi connectivity index (χ4v) is 2.61. The average Bonchev–Trinajstić information content (AvgIpc) is 2.57. The van der Waals surface area contributed by atoms with Crippen LogP contribution in [-0.4, -0.2) is 28.3 Å². The first kappa shape index (κ1) is 6.89. The third-order valence-electron chi connectivity index (χ3n) is 3.01. The van der Waals surface area contributed by atoms with E-state index in [-0.39, 0.29) is 5.41 Å². The van der Waals surface area contributed by atoms with E-state index in [1.54, 1.807) is 0 Å². The molecule has 0 aliphatic heterocycles. The van der Waals surface area contributed by atoms with E-state index in [2.05, 4.69) is 0 Å². The lowest BCUT2D eigenvalue weighted by atomic mass is 10.0. The van der Waals surface area contributed by atoms with E-state index in [4.69, 9.17) is 11.6 Å². The summed E-state index contributed by atoms with van der Waals surface area (Å²) in [7, 11) is 0. The van der Waals surface area contributed by atoms with Crippen molar-refractivity contribution in [2.75, 3.05) is 5.88 Å². The van der Waals surface area contributed by atoms with Gasteiger partial charge in [-0.1, -0.05) is 0 Å². The van der Waals surface area contributed by atoms with Gasteiger partial charge < -0.3 is 10.2 Å². The highest BCUT2D eigenvalue weighted by molar-refractivity contribution is 6.18.